The van der Waals surface area contributed by atoms with E-state index in [1.165, 1.54) is 0 Å². The summed E-state index contributed by atoms with van der Waals surface area (Å²) in [5, 5.41) is 11.3. The molecule has 0 amide bonds. The van der Waals surface area contributed by atoms with Crippen molar-refractivity contribution in [1.82, 2.24) is 20.3 Å². The standard InChI is InChI=1S/C9H18N4/c1-3-9-8-13(12-11-9)7-5-6-10-4-2/h8,10H,3-7H2,1-2H3. The van der Waals surface area contributed by atoms with Crippen molar-refractivity contribution >= 4 is 0 Å². The molecule has 0 aliphatic carbocycles. The number of aromatic nitrogens is 3. The minimum Gasteiger partial charge on any atom is -0.317 e. The van der Waals surface area contributed by atoms with Crippen molar-refractivity contribution in [3.8, 4) is 0 Å². The van der Waals surface area contributed by atoms with Gasteiger partial charge in [0.2, 0.25) is 0 Å². The Morgan fingerprint density at radius 1 is 1.46 bits per heavy atom. The van der Waals surface area contributed by atoms with Crippen LogP contribution >= 0.6 is 0 Å². The molecule has 0 aliphatic heterocycles. The highest BCUT2D eigenvalue weighted by molar-refractivity contribution is 4.90. The van der Waals surface area contributed by atoms with Gasteiger partial charge in [0.15, 0.2) is 0 Å². The van der Waals surface area contributed by atoms with Crippen molar-refractivity contribution in [2.75, 3.05) is 13.1 Å². The zero-order chi connectivity index (χ0) is 9.52. The van der Waals surface area contributed by atoms with Crippen LogP contribution in [0.1, 0.15) is 26.0 Å². The van der Waals surface area contributed by atoms with Gasteiger partial charge in [-0.05, 0) is 25.9 Å². The van der Waals surface area contributed by atoms with Gasteiger partial charge in [0.1, 0.15) is 0 Å². The van der Waals surface area contributed by atoms with Crippen LogP contribution in [0.2, 0.25) is 0 Å². The fourth-order valence-electron chi connectivity index (χ4n) is 1.15. The second kappa shape index (κ2) is 5.70. The van der Waals surface area contributed by atoms with Crippen LogP contribution in [0.4, 0.5) is 0 Å². The maximum absolute atomic E-state index is 4.03. The Bertz CT molecular complexity index is 231. The Morgan fingerprint density at radius 3 is 2.92 bits per heavy atom. The number of aryl methyl sites for hydroxylation is 2. The van der Waals surface area contributed by atoms with Crippen LogP contribution in [0.15, 0.2) is 6.20 Å². The third-order valence-corrected chi connectivity index (χ3v) is 1.94. The lowest BCUT2D eigenvalue weighted by molar-refractivity contribution is 0.536. The molecular weight excluding hydrogens is 164 g/mol. The molecule has 13 heavy (non-hydrogen) atoms. The van der Waals surface area contributed by atoms with E-state index in [-0.39, 0.29) is 0 Å². The smallest absolute Gasteiger partial charge is 0.0824 e. The Balaban J connectivity index is 2.20. The van der Waals surface area contributed by atoms with E-state index in [1.807, 2.05) is 10.9 Å². The predicted molar refractivity (Wildman–Crippen MR) is 52.6 cm³/mol. The summed E-state index contributed by atoms with van der Waals surface area (Å²) in [4.78, 5) is 0. The SMILES string of the molecule is CCNCCCn1cc(CC)nn1. The zero-order valence-corrected chi connectivity index (χ0v) is 8.45. The molecule has 1 rings (SSSR count). The molecule has 1 N–H and O–H groups in total. The summed E-state index contributed by atoms with van der Waals surface area (Å²) in [6, 6.07) is 0. The van der Waals surface area contributed by atoms with Gasteiger partial charge in [-0.15, -0.1) is 5.10 Å². The first-order valence-electron chi connectivity index (χ1n) is 4.96. The van der Waals surface area contributed by atoms with Gasteiger partial charge < -0.3 is 5.32 Å². The molecule has 1 heterocycles. The highest BCUT2D eigenvalue weighted by Gasteiger charge is 1.96. The van der Waals surface area contributed by atoms with Gasteiger partial charge in [-0.1, -0.05) is 19.1 Å². The summed E-state index contributed by atoms with van der Waals surface area (Å²) in [5.41, 5.74) is 1.07. The molecule has 0 radical (unpaired) electrons. The first-order valence-corrected chi connectivity index (χ1v) is 4.96. The molecule has 4 heteroatoms. The van der Waals surface area contributed by atoms with Crippen LogP contribution in [0, 0.1) is 0 Å². The molecule has 0 saturated carbocycles. The fourth-order valence-corrected chi connectivity index (χ4v) is 1.15. The largest absolute Gasteiger partial charge is 0.317 e. The van der Waals surface area contributed by atoms with Gasteiger partial charge in [-0.25, -0.2) is 0 Å². The minimum atomic E-state index is 0.958. The molecular formula is C9H18N4. The lowest BCUT2D eigenvalue weighted by Gasteiger charge is -2.00. The van der Waals surface area contributed by atoms with Crippen LogP contribution in [-0.2, 0) is 13.0 Å². The lowest BCUT2D eigenvalue weighted by Crippen LogP contribution is -2.16. The van der Waals surface area contributed by atoms with Gasteiger partial charge in [0, 0.05) is 12.7 Å². The molecule has 0 spiro atoms. The first-order chi connectivity index (χ1) is 6.36. The molecule has 0 bridgehead atoms. The van der Waals surface area contributed by atoms with E-state index in [2.05, 4.69) is 29.5 Å². The number of hydrogen-bond acceptors (Lipinski definition) is 3. The van der Waals surface area contributed by atoms with Gasteiger partial charge in [0.05, 0.1) is 5.69 Å². The highest BCUT2D eigenvalue weighted by atomic mass is 15.4. The van der Waals surface area contributed by atoms with E-state index in [0.717, 1.165) is 38.2 Å². The average molecular weight is 182 g/mol. The molecule has 0 unspecified atom stereocenters. The molecule has 74 valence electrons. The average Bonchev–Trinajstić information content (AvgIpc) is 2.60. The number of nitrogens with zero attached hydrogens (tertiary/aromatic N) is 3. The molecule has 0 fully saturated rings. The summed E-state index contributed by atoms with van der Waals surface area (Å²) in [6.45, 7) is 7.26. The van der Waals surface area contributed by atoms with Crippen LogP contribution in [-0.4, -0.2) is 28.1 Å². The summed E-state index contributed by atoms with van der Waals surface area (Å²) in [6.07, 6.45) is 4.10. The van der Waals surface area contributed by atoms with Crippen molar-refractivity contribution in [3.05, 3.63) is 11.9 Å². The second-order valence-corrected chi connectivity index (χ2v) is 3.03. The van der Waals surface area contributed by atoms with E-state index in [0.29, 0.717) is 0 Å². The van der Waals surface area contributed by atoms with Gasteiger partial charge in [0.25, 0.3) is 0 Å². The van der Waals surface area contributed by atoms with Gasteiger partial charge in [-0.2, -0.15) is 0 Å². The molecule has 1 aromatic rings. The molecule has 1 aromatic heterocycles. The van der Waals surface area contributed by atoms with Crippen molar-refractivity contribution in [2.45, 2.75) is 33.2 Å². The number of rotatable bonds is 6. The molecule has 0 saturated heterocycles. The van der Waals surface area contributed by atoms with E-state index >= 15 is 0 Å². The Hall–Kier alpha value is -0.900. The number of hydrogen-bond donors (Lipinski definition) is 1. The molecule has 0 aliphatic rings. The number of nitrogens with one attached hydrogen (secondary N) is 1. The van der Waals surface area contributed by atoms with E-state index in [9.17, 15) is 0 Å². The topological polar surface area (TPSA) is 42.7 Å². The molecule has 4 nitrogen and oxygen atoms in total. The van der Waals surface area contributed by atoms with Crippen LogP contribution < -0.4 is 5.32 Å². The van der Waals surface area contributed by atoms with Crippen LogP contribution in [0.25, 0.3) is 0 Å². The quantitative estimate of drug-likeness (QED) is 0.663. The Kier molecular flexibility index (Phi) is 4.46. The second-order valence-electron chi connectivity index (χ2n) is 3.03. The maximum Gasteiger partial charge on any atom is 0.0824 e. The maximum atomic E-state index is 4.03. The Morgan fingerprint density at radius 2 is 2.31 bits per heavy atom. The van der Waals surface area contributed by atoms with Crippen molar-refractivity contribution in [2.24, 2.45) is 0 Å². The van der Waals surface area contributed by atoms with Crippen molar-refractivity contribution < 1.29 is 0 Å². The normalized spacial score (nSPS) is 10.6. The summed E-state index contributed by atoms with van der Waals surface area (Å²) in [5.74, 6) is 0. The van der Waals surface area contributed by atoms with Crippen molar-refractivity contribution in [3.63, 3.8) is 0 Å². The van der Waals surface area contributed by atoms with Gasteiger partial charge in [-0.3, -0.25) is 4.68 Å². The van der Waals surface area contributed by atoms with Crippen LogP contribution in [0.5, 0.6) is 0 Å². The summed E-state index contributed by atoms with van der Waals surface area (Å²) < 4.78 is 1.91. The molecule has 0 atom stereocenters. The lowest BCUT2D eigenvalue weighted by atomic mass is 10.4. The third-order valence-electron chi connectivity index (χ3n) is 1.94. The van der Waals surface area contributed by atoms with Gasteiger partial charge >= 0.3 is 0 Å². The predicted octanol–water partition coefficient (Wildman–Crippen LogP) is 0.840. The highest BCUT2D eigenvalue weighted by Crippen LogP contribution is 1.94. The van der Waals surface area contributed by atoms with E-state index < -0.39 is 0 Å². The monoisotopic (exact) mass is 182 g/mol. The van der Waals surface area contributed by atoms with Crippen LogP contribution in [0.3, 0.4) is 0 Å². The summed E-state index contributed by atoms with van der Waals surface area (Å²) >= 11 is 0. The third kappa shape index (κ3) is 3.55. The van der Waals surface area contributed by atoms with E-state index in [1.54, 1.807) is 0 Å². The minimum absolute atomic E-state index is 0.958. The first kappa shape index (κ1) is 10.2. The fraction of sp³-hybridized carbons (Fsp3) is 0.778. The zero-order valence-electron chi connectivity index (χ0n) is 8.45. The van der Waals surface area contributed by atoms with Crippen molar-refractivity contribution in [1.29, 1.82) is 0 Å². The van der Waals surface area contributed by atoms with E-state index in [4.69, 9.17) is 0 Å². The summed E-state index contributed by atoms with van der Waals surface area (Å²) in [7, 11) is 0. The molecule has 0 aromatic carbocycles. The Labute approximate surface area is 79.3 Å².